The highest BCUT2D eigenvalue weighted by atomic mass is 79.9. The second-order valence-electron chi connectivity index (χ2n) is 4.66. The fraction of sp³-hybridized carbons (Fsp3) is 0.235. The maximum atomic E-state index is 12.0. The predicted molar refractivity (Wildman–Crippen MR) is 86.5 cm³/mol. The third kappa shape index (κ3) is 2.33. The standard InChI is InChI=1S/C16H14O3.CH3Br/c1-2-16(15(17)18)11-7-3-5-9-13(11)19-14-10-6-4-8-12(14)16;1-2/h3-10H,2H2,1H3,(H,17,18);1H3. The maximum absolute atomic E-state index is 12.0. The minimum atomic E-state index is -1.02. The maximum Gasteiger partial charge on any atom is 0.318 e. The van der Waals surface area contributed by atoms with E-state index in [4.69, 9.17) is 4.74 Å². The van der Waals surface area contributed by atoms with Crippen molar-refractivity contribution < 1.29 is 14.6 Å². The second-order valence-corrected chi connectivity index (χ2v) is 4.66. The van der Waals surface area contributed by atoms with Crippen LogP contribution in [0.25, 0.3) is 0 Å². The van der Waals surface area contributed by atoms with Gasteiger partial charge in [-0.2, -0.15) is 0 Å². The number of carboxylic acid groups (broad SMARTS) is 1. The van der Waals surface area contributed by atoms with E-state index in [1.165, 1.54) is 0 Å². The molecule has 0 bridgehead atoms. The van der Waals surface area contributed by atoms with Crippen LogP contribution in [0, 0.1) is 0 Å². The molecule has 0 unspecified atom stereocenters. The fourth-order valence-corrected chi connectivity index (χ4v) is 2.84. The number of rotatable bonds is 2. The van der Waals surface area contributed by atoms with E-state index in [0.717, 1.165) is 11.1 Å². The molecule has 21 heavy (non-hydrogen) atoms. The van der Waals surface area contributed by atoms with E-state index >= 15 is 0 Å². The van der Waals surface area contributed by atoms with Crippen molar-refractivity contribution >= 4 is 21.9 Å². The van der Waals surface area contributed by atoms with Gasteiger partial charge in [0.05, 0.1) is 0 Å². The van der Waals surface area contributed by atoms with E-state index in [-0.39, 0.29) is 0 Å². The summed E-state index contributed by atoms with van der Waals surface area (Å²) in [7, 11) is 0. The molecular formula is C17H17BrO3. The van der Waals surface area contributed by atoms with Gasteiger partial charge in [-0.25, -0.2) is 0 Å². The number of alkyl halides is 1. The summed E-state index contributed by atoms with van der Waals surface area (Å²) in [5.74, 6) is 2.24. The van der Waals surface area contributed by atoms with Crippen LogP contribution in [0.3, 0.4) is 0 Å². The van der Waals surface area contributed by atoms with Gasteiger partial charge in [0.2, 0.25) is 0 Å². The number of aliphatic carboxylic acids is 1. The molecule has 3 rings (SSSR count). The molecule has 0 atom stereocenters. The number of ether oxygens (including phenoxy) is 1. The van der Waals surface area contributed by atoms with Crippen LogP contribution in [0.2, 0.25) is 0 Å². The summed E-state index contributed by atoms with van der Waals surface area (Å²) in [5.41, 5.74) is 0.429. The minimum Gasteiger partial charge on any atom is -0.480 e. The fourth-order valence-electron chi connectivity index (χ4n) is 2.84. The van der Waals surface area contributed by atoms with E-state index in [0.29, 0.717) is 17.9 Å². The van der Waals surface area contributed by atoms with Gasteiger partial charge in [0.15, 0.2) is 0 Å². The van der Waals surface area contributed by atoms with Crippen LogP contribution in [-0.4, -0.2) is 16.9 Å². The van der Waals surface area contributed by atoms with Gasteiger partial charge in [-0.3, -0.25) is 4.79 Å². The summed E-state index contributed by atoms with van der Waals surface area (Å²) in [6.45, 7) is 1.90. The second kappa shape index (κ2) is 6.31. The lowest BCUT2D eigenvalue weighted by Gasteiger charge is -2.36. The van der Waals surface area contributed by atoms with Crippen LogP contribution in [0.1, 0.15) is 24.5 Å². The zero-order valence-electron chi connectivity index (χ0n) is 12.0. The molecule has 1 aliphatic heterocycles. The van der Waals surface area contributed by atoms with Gasteiger partial charge in [0, 0.05) is 11.1 Å². The summed E-state index contributed by atoms with van der Waals surface area (Å²) >= 11 is 2.94. The highest BCUT2D eigenvalue weighted by Gasteiger charge is 2.47. The molecule has 3 nitrogen and oxygen atoms in total. The van der Waals surface area contributed by atoms with Crippen molar-refractivity contribution in [1.29, 1.82) is 0 Å². The molecule has 0 spiro atoms. The van der Waals surface area contributed by atoms with Crippen molar-refractivity contribution in [3.8, 4) is 11.5 Å². The van der Waals surface area contributed by atoms with E-state index in [9.17, 15) is 9.90 Å². The van der Waals surface area contributed by atoms with E-state index in [1.54, 1.807) is 0 Å². The van der Waals surface area contributed by atoms with Gasteiger partial charge in [-0.15, -0.1) is 0 Å². The zero-order valence-corrected chi connectivity index (χ0v) is 13.6. The monoisotopic (exact) mass is 348 g/mol. The number of carbonyl (C=O) groups is 1. The number of hydrogen-bond acceptors (Lipinski definition) is 2. The van der Waals surface area contributed by atoms with Crippen molar-refractivity contribution in [2.24, 2.45) is 0 Å². The molecular weight excluding hydrogens is 332 g/mol. The van der Waals surface area contributed by atoms with Gasteiger partial charge in [0.25, 0.3) is 0 Å². The molecule has 0 fully saturated rings. The number of carboxylic acids is 1. The Balaban J connectivity index is 0.000000774. The van der Waals surface area contributed by atoms with Crippen LogP contribution in [0.5, 0.6) is 11.5 Å². The predicted octanol–water partition coefficient (Wildman–Crippen LogP) is 4.58. The van der Waals surface area contributed by atoms with E-state index < -0.39 is 11.4 Å². The van der Waals surface area contributed by atoms with E-state index in [1.807, 2.05) is 61.3 Å². The highest BCUT2D eigenvalue weighted by Crippen LogP contribution is 2.49. The lowest BCUT2D eigenvalue weighted by atomic mass is 9.70. The minimum absolute atomic E-state index is 0.486. The normalized spacial score (nSPS) is 13.9. The summed E-state index contributed by atoms with van der Waals surface area (Å²) in [6.07, 6.45) is 0.486. The van der Waals surface area contributed by atoms with Gasteiger partial charge in [-0.05, 0) is 24.4 Å². The Morgan fingerprint density at radius 2 is 1.48 bits per heavy atom. The molecule has 4 heteroatoms. The van der Waals surface area contributed by atoms with Crippen molar-refractivity contribution in [2.45, 2.75) is 18.8 Å². The first-order chi connectivity index (χ1) is 10.2. The summed E-state index contributed by atoms with van der Waals surface area (Å²) in [6, 6.07) is 14.7. The molecule has 1 heterocycles. The third-order valence-electron chi connectivity index (χ3n) is 3.81. The first-order valence-corrected chi connectivity index (χ1v) is 8.27. The first kappa shape index (κ1) is 15.6. The molecule has 2 aromatic carbocycles. The van der Waals surface area contributed by atoms with Crippen molar-refractivity contribution in [3.63, 3.8) is 0 Å². The first-order valence-electron chi connectivity index (χ1n) is 6.68. The van der Waals surface area contributed by atoms with Gasteiger partial charge in [-0.1, -0.05) is 59.3 Å². The average molecular weight is 349 g/mol. The zero-order chi connectivity index (χ0) is 15.5. The molecule has 0 aromatic heterocycles. The molecule has 0 saturated heterocycles. The van der Waals surface area contributed by atoms with Crippen molar-refractivity contribution in [3.05, 3.63) is 59.7 Å². The van der Waals surface area contributed by atoms with Crippen LogP contribution in [-0.2, 0) is 10.2 Å². The number of benzene rings is 2. The Morgan fingerprint density at radius 1 is 1.05 bits per heavy atom. The molecule has 0 radical (unpaired) electrons. The molecule has 110 valence electrons. The lowest BCUT2D eigenvalue weighted by Crippen LogP contribution is -2.38. The van der Waals surface area contributed by atoms with Crippen LogP contribution in [0.15, 0.2) is 48.5 Å². The average Bonchev–Trinajstić information content (AvgIpc) is 2.54. The quantitative estimate of drug-likeness (QED) is 0.807. The Hall–Kier alpha value is -1.81. The van der Waals surface area contributed by atoms with Gasteiger partial charge in [0.1, 0.15) is 16.9 Å². The van der Waals surface area contributed by atoms with Crippen molar-refractivity contribution in [2.75, 3.05) is 5.83 Å². The van der Waals surface area contributed by atoms with Gasteiger partial charge < -0.3 is 9.84 Å². The van der Waals surface area contributed by atoms with Crippen LogP contribution < -0.4 is 4.74 Å². The van der Waals surface area contributed by atoms with Crippen LogP contribution in [0.4, 0.5) is 0 Å². The van der Waals surface area contributed by atoms with Gasteiger partial charge >= 0.3 is 5.97 Å². The third-order valence-corrected chi connectivity index (χ3v) is 3.81. The largest absolute Gasteiger partial charge is 0.480 e. The highest BCUT2D eigenvalue weighted by molar-refractivity contribution is 9.08. The molecule has 0 aliphatic carbocycles. The number of halogens is 1. The summed E-state index contributed by atoms with van der Waals surface area (Å²) in [5, 5.41) is 9.83. The number of fused-ring (bicyclic) bond motifs is 2. The lowest BCUT2D eigenvalue weighted by molar-refractivity contribution is -0.142. The molecule has 2 aromatic rings. The van der Waals surface area contributed by atoms with Crippen LogP contribution >= 0.6 is 15.9 Å². The van der Waals surface area contributed by atoms with Crippen molar-refractivity contribution in [1.82, 2.24) is 0 Å². The topological polar surface area (TPSA) is 46.5 Å². The molecule has 0 saturated carbocycles. The Labute approximate surface area is 132 Å². The number of para-hydroxylation sites is 2. The van der Waals surface area contributed by atoms with E-state index in [2.05, 4.69) is 15.9 Å². The summed E-state index contributed by atoms with van der Waals surface area (Å²) < 4.78 is 5.82. The Bertz CT molecular complexity index is 606. The SMILES string of the molecule is CBr.CCC1(C(=O)O)c2ccccc2Oc2ccccc21. The Morgan fingerprint density at radius 3 is 1.86 bits per heavy atom. The summed E-state index contributed by atoms with van der Waals surface area (Å²) in [4.78, 5) is 12.0. The molecule has 0 amide bonds. The number of hydrogen-bond donors (Lipinski definition) is 1. The molecule has 1 N–H and O–H groups in total. The smallest absolute Gasteiger partial charge is 0.318 e. The Kier molecular flexibility index (Phi) is 4.68. The molecule has 1 aliphatic rings.